The Hall–Kier alpha value is -2.09. The van der Waals surface area contributed by atoms with Gasteiger partial charge in [-0.1, -0.05) is 50.2 Å². The topological polar surface area (TPSA) is 37.3 Å². The zero-order valence-corrected chi connectivity index (χ0v) is 12.2. The van der Waals surface area contributed by atoms with E-state index in [1.165, 1.54) is 5.56 Å². The summed E-state index contributed by atoms with van der Waals surface area (Å²) >= 11 is 0. The molecule has 104 valence electrons. The van der Waals surface area contributed by atoms with Crippen LogP contribution in [-0.2, 0) is 6.42 Å². The van der Waals surface area contributed by atoms with Gasteiger partial charge in [-0.2, -0.15) is 0 Å². The molecule has 0 amide bonds. The lowest BCUT2D eigenvalue weighted by molar-refractivity contribution is 0.0696. The van der Waals surface area contributed by atoms with E-state index in [0.29, 0.717) is 11.5 Å². The van der Waals surface area contributed by atoms with Crippen LogP contribution in [0.15, 0.2) is 42.5 Å². The lowest BCUT2D eigenvalue weighted by Gasteiger charge is -2.08. The molecule has 2 rings (SSSR count). The maximum atomic E-state index is 11.2. The molecule has 2 aromatic rings. The first-order valence-electron chi connectivity index (χ1n) is 6.90. The van der Waals surface area contributed by atoms with Gasteiger partial charge < -0.3 is 5.11 Å². The van der Waals surface area contributed by atoms with Crippen molar-refractivity contribution in [1.82, 2.24) is 0 Å². The van der Waals surface area contributed by atoms with Crippen molar-refractivity contribution in [3.63, 3.8) is 0 Å². The van der Waals surface area contributed by atoms with Gasteiger partial charge >= 0.3 is 5.97 Å². The SMILES string of the molecule is Cc1ccc(-c2ccc(CC(C)C)cc2)cc1C(=O)O. The molecule has 0 aliphatic carbocycles. The molecule has 0 heterocycles. The highest BCUT2D eigenvalue weighted by molar-refractivity contribution is 5.91. The van der Waals surface area contributed by atoms with Crippen LogP contribution in [0.25, 0.3) is 11.1 Å². The van der Waals surface area contributed by atoms with Gasteiger partial charge in [-0.05, 0) is 47.6 Å². The van der Waals surface area contributed by atoms with E-state index in [4.69, 9.17) is 0 Å². The number of carbonyl (C=O) groups is 1. The molecule has 1 N–H and O–H groups in total. The molecule has 0 aliphatic heterocycles. The lowest BCUT2D eigenvalue weighted by Crippen LogP contribution is -1.99. The molecule has 2 heteroatoms. The van der Waals surface area contributed by atoms with E-state index in [0.717, 1.165) is 23.1 Å². The van der Waals surface area contributed by atoms with Crippen LogP contribution in [0.5, 0.6) is 0 Å². The van der Waals surface area contributed by atoms with E-state index in [1.54, 1.807) is 6.07 Å². The Labute approximate surface area is 120 Å². The zero-order valence-electron chi connectivity index (χ0n) is 12.2. The van der Waals surface area contributed by atoms with Crippen molar-refractivity contribution in [2.45, 2.75) is 27.2 Å². The minimum atomic E-state index is -0.874. The molecule has 0 radical (unpaired) electrons. The summed E-state index contributed by atoms with van der Waals surface area (Å²) in [6.07, 6.45) is 1.06. The molecule has 20 heavy (non-hydrogen) atoms. The number of hydrogen-bond acceptors (Lipinski definition) is 1. The smallest absolute Gasteiger partial charge is 0.335 e. The number of carboxylic acid groups (broad SMARTS) is 1. The van der Waals surface area contributed by atoms with E-state index in [2.05, 4.69) is 38.1 Å². The minimum Gasteiger partial charge on any atom is -0.478 e. The fourth-order valence-corrected chi connectivity index (χ4v) is 2.34. The van der Waals surface area contributed by atoms with Crippen molar-refractivity contribution in [3.8, 4) is 11.1 Å². The van der Waals surface area contributed by atoms with E-state index in [1.807, 2.05) is 19.1 Å². The van der Waals surface area contributed by atoms with E-state index in [-0.39, 0.29) is 0 Å². The lowest BCUT2D eigenvalue weighted by atomic mass is 9.97. The molecule has 0 atom stereocenters. The van der Waals surface area contributed by atoms with Gasteiger partial charge in [0.05, 0.1) is 5.56 Å². The van der Waals surface area contributed by atoms with Crippen LogP contribution in [0.2, 0.25) is 0 Å². The molecular formula is C18H20O2. The number of aryl methyl sites for hydroxylation is 1. The van der Waals surface area contributed by atoms with E-state index in [9.17, 15) is 9.90 Å². The van der Waals surface area contributed by atoms with Gasteiger partial charge in [0.15, 0.2) is 0 Å². The fraction of sp³-hybridized carbons (Fsp3) is 0.278. The molecule has 0 saturated heterocycles. The van der Waals surface area contributed by atoms with E-state index < -0.39 is 5.97 Å². The van der Waals surface area contributed by atoms with Gasteiger partial charge in [-0.3, -0.25) is 0 Å². The highest BCUT2D eigenvalue weighted by atomic mass is 16.4. The standard InChI is InChI=1S/C18H20O2/c1-12(2)10-14-5-8-15(9-6-14)16-7-4-13(3)17(11-16)18(19)20/h4-9,11-12H,10H2,1-3H3,(H,19,20). The zero-order chi connectivity index (χ0) is 14.7. The molecular weight excluding hydrogens is 248 g/mol. The predicted molar refractivity (Wildman–Crippen MR) is 82.1 cm³/mol. The normalized spacial score (nSPS) is 10.8. The summed E-state index contributed by atoms with van der Waals surface area (Å²) < 4.78 is 0. The third-order valence-electron chi connectivity index (χ3n) is 3.40. The number of benzene rings is 2. The van der Waals surface area contributed by atoms with Crippen LogP contribution >= 0.6 is 0 Å². The van der Waals surface area contributed by atoms with Gasteiger partial charge in [0, 0.05) is 0 Å². The van der Waals surface area contributed by atoms with Gasteiger partial charge in [0.1, 0.15) is 0 Å². The van der Waals surface area contributed by atoms with Crippen molar-refractivity contribution >= 4 is 5.97 Å². The molecule has 0 bridgehead atoms. The summed E-state index contributed by atoms with van der Waals surface area (Å²) in [5, 5.41) is 9.18. The first-order chi connectivity index (χ1) is 9.47. The third-order valence-corrected chi connectivity index (χ3v) is 3.40. The van der Waals surface area contributed by atoms with Crippen LogP contribution in [0.1, 0.15) is 35.3 Å². The first kappa shape index (κ1) is 14.3. The summed E-state index contributed by atoms with van der Waals surface area (Å²) in [5.41, 5.74) is 4.48. The van der Waals surface area contributed by atoms with Crippen LogP contribution in [0, 0.1) is 12.8 Å². The Morgan fingerprint density at radius 1 is 1.05 bits per heavy atom. The number of hydrogen-bond donors (Lipinski definition) is 1. The van der Waals surface area contributed by atoms with Crippen LogP contribution in [0.3, 0.4) is 0 Å². The molecule has 0 saturated carbocycles. The molecule has 0 fully saturated rings. The van der Waals surface area contributed by atoms with Gasteiger partial charge in [-0.15, -0.1) is 0 Å². The third kappa shape index (κ3) is 3.27. The van der Waals surface area contributed by atoms with Crippen LogP contribution in [-0.4, -0.2) is 11.1 Å². The quantitative estimate of drug-likeness (QED) is 0.882. The Kier molecular flexibility index (Phi) is 4.23. The second-order valence-corrected chi connectivity index (χ2v) is 5.63. The molecule has 2 nitrogen and oxygen atoms in total. The van der Waals surface area contributed by atoms with Gasteiger partial charge in [-0.25, -0.2) is 4.79 Å². The van der Waals surface area contributed by atoms with Crippen LogP contribution < -0.4 is 0 Å². The van der Waals surface area contributed by atoms with Crippen LogP contribution in [0.4, 0.5) is 0 Å². The van der Waals surface area contributed by atoms with Crippen molar-refractivity contribution < 1.29 is 9.90 Å². The molecule has 2 aromatic carbocycles. The molecule has 0 spiro atoms. The second-order valence-electron chi connectivity index (χ2n) is 5.63. The minimum absolute atomic E-state index is 0.369. The average molecular weight is 268 g/mol. The maximum absolute atomic E-state index is 11.2. The highest BCUT2D eigenvalue weighted by Crippen LogP contribution is 2.23. The molecule has 0 aromatic heterocycles. The first-order valence-corrected chi connectivity index (χ1v) is 6.90. The summed E-state index contributed by atoms with van der Waals surface area (Å²) in [4.78, 5) is 11.2. The summed E-state index contributed by atoms with van der Waals surface area (Å²) in [7, 11) is 0. The average Bonchev–Trinajstić information content (AvgIpc) is 2.39. The van der Waals surface area contributed by atoms with Crippen molar-refractivity contribution in [3.05, 3.63) is 59.2 Å². The molecule has 0 unspecified atom stereocenters. The monoisotopic (exact) mass is 268 g/mol. The summed E-state index contributed by atoms with van der Waals surface area (Å²) in [6.45, 7) is 6.22. The summed E-state index contributed by atoms with van der Waals surface area (Å²) in [6, 6.07) is 13.9. The second kappa shape index (κ2) is 5.91. The highest BCUT2D eigenvalue weighted by Gasteiger charge is 2.09. The fourth-order valence-electron chi connectivity index (χ4n) is 2.34. The largest absolute Gasteiger partial charge is 0.478 e. The van der Waals surface area contributed by atoms with Gasteiger partial charge in [0.2, 0.25) is 0 Å². The number of carboxylic acids is 1. The maximum Gasteiger partial charge on any atom is 0.335 e. The Morgan fingerprint density at radius 2 is 1.65 bits per heavy atom. The number of rotatable bonds is 4. The Balaban J connectivity index is 2.32. The predicted octanol–water partition coefficient (Wildman–Crippen LogP) is 4.56. The van der Waals surface area contributed by atoms with Crippen molar-refractivity contribution in [1.29, 1.82) is 0 Å². The van der Waals surface area contributed by atoms with Crippen molar-refractivity contribution in [2.24, 2.45) is 5.92 Å². The Morgan fingerprint density at radius 3 is 2.20 bits per heavy atom. The van der Waals surface area contributed by atoms with Gasteiger partial charge in [0.25, 0.3) is 0 Å². The Bertz CT molecular complexity index is 610. The summed E-state index contributed by atoms with van der Waals surface area (Å²) in [5.74, 6) is -0.236. The molecule has 0 aliphatic rings. The van der Waals surface area contributed by atoms with E-state index >= 15 is 0 Å². The van der Waals surface area contributed by atoms with Crippen molar-refractivity contribution in [2.75, 3.05) is 0 Å². The number of aromatic carboxylic acids is 1.